The van der Waals surface area contributed by atoms with Gasteiger partial charge in [-0.05, 0) is 57.2 Å². The van der Waals surface area contributed by atoms with Gasteiger partial charge in [-0.3, -0.25) is 10.6 Å². The lowest BCUT2D eigenvalue weighted by atomic mass is 9.96. The minimum Gasteiger partial charge on any atom is -0.496 e. The quantitative estimate of drug-likeness (QED) is 0.397. The molecular weight excluding hydrogens is 518 g/mol. The number of fused-ring (bicyclic) bond motifs is 1. The van der Waals surface area contributed by atoms with E-state index in [1.54, 1.807) is 21.3 Å². The predicted octanol–water partition coefficient (Wildman–Crippen LogP) is 3.11. The fourth-order valence-electron chi connectivity index (χ4n) is 6.41. The van der Waals surface area contributed by atoms with Crippen LogP contribution in [0.15, 0.2) is 30.3 Å². The molecule has 2 unspecified atom stereocenters. The van der Waals surface area contributed by atoms with Crippen LogP contribution in [0.1, 0.15) is 44.0 Å². The van der Waals surface area contributed by atoms with Gasteiger partial charge in [0.15, 0.2) is 11.5 Å². The molecule has 1 saturated heterocycles. The van der Waals surface area contributed by atoms with Gasteiger partial charge in [0, 0.05) is 68.3 Å². The van der Waals surface area contributed by atoms with Gasteiger partial charge in [-0.1, -0.05) is 19.9 Å². The van der Waals surface area contributed by atoms with Gasteiger partial charge in [-0.2, -0.15) is 0 Å². The summed E-state index contributed by atoms with van der Waals surface area (Å²) in [5.74, 6) is 2.31. The smallest absolute Gasteiger partial charge is 0.162 e. The molecular formula is C31H51N7O3. The Bertz CT molecular complexity index is 1130. The number of nitrogens with two attached hydrogens (primary N) is 2. The number of likely N-dealkylation sites (N-methyl/N-ethyl adjacent to an activating group) is 1. The first-order valence-electron chi connectivity index (χ1n) is 14.9. The molecule has 2 aliphatic heterocycles. The van der Waals surface area contributed by atoms with Crippen molar-refractivity contribution in [2.24, 2.45) is 11.5 Å². The van der Waals surface area contributed by atoms with Crippen molar-refractivity contribution >= 4 is 11.4 Å². The van der Waals surface area contributed by atoms with Gasteiger partial charge in [0.1, 0.15) is 12.0 Å². The molecule has 2 aromatic rings. The molecule has 1 fully saturated rings. The van der Waals surface area contributed by atoms with E-state index in [1.807, 2.05) is 18.2 Å². The Hall–Kier alpha value is -2.76. The van der Waals surface area contributed by atoms with Crippen molar-refractivity contribution in [3.05, 3.63) is 41.5 Å². The number of hydrogen-bond donors (Lipinski definition) is 2. The summed E-state index contributed by atoms with van der Waals surface area (Å²) >= 11 is 0. The number of rotatable bonds is 12. The number of ether oxygens (including phenoxy) is 3. The van der Waals surface area contributed by atoms with Crippen LogP contribution in [0.25, 0.3) is 0 Å². The minimum atomic E-state index is -0.337. The first kappa shape index (κ1) is 31.2. The summed E-state index contributed by atoms with van der Waals surface area (Å²) < 4.78 is 17.1. The molecule has 0 amide bonds. The summed E-state index contributed by atoms with van der Waals surface area (Å²) in [4.78, 5) is 11.7. The van der Waals surface area contributed by atoms with Crippen LogP contribution in [0.2, 0.25) is 0 Å². The maximum Gasteiger partial charge on any atom is 0.162 e. The van der Waals surface area contributed by atoms with E-state index in [1.165, 1.54) is 11.3 Å². The molecule has 41 heavy (non-hydrogen) atoms. The van der Waals surface area contributed by atoms with Crippen molar-refractivity contribution in [3.8, 4) is 17.2 Å². The van der Waals surface area contributed by atoms with E-state index in [-0.39, 0.29) is 18.5 Å². The molecule has 2 aromatic carbocycles. The molecule has 2 atom stereocenters. The molecule has 10 nitrogen and oxygen atoms in total. The molecule has 0 aliphatic carbocycles. The molecule has 0 spiro atoms. The summed E-state index contributed by atoms with van der Waals surface area (Å²) in [5, 5.41) is 0. The largest absolute Gasteiger partial charge is 0.496 e. The lowest BCUT2D eigenvalue weighted by Crippen LogP contribution is -2.65. The molecule has 10 heteroatoms. The summed E-state index contributed by atoms with van der Waals surface area (Å²) in [6.07, 6.45) is 1.30. The van der Waals surface area contributed by atoms with Gasteiger partial charge in [-0.25, -0.2) is 4.90 Å². The second-order valence-electron chi connectivity index (χ2n) is 11.2. The van der Waals surface area contributed by atoms with E-state index < -0.39 is 0 Å². The van der Waals surface area contributed by atoms with Crippen LogP contribution >= 0.6 is 0 Å². The average molecular weight is 570 g/mol. The zero-order chi connectivity index (χ0) is 29.7. The lowest BCUT2D eigenvalue weighted by molar-refractivity contribution is 0.0277. The van der Waals surface area contributed by atoms with Crippen LogP contribution in [0.5, 0.6) is 17.2 Å². The minimum absolute atomic E-state index is 0.263. The van der Waals surface area contributed by atoms with Crippen molar-refractivity contribution in [2.45, 2.75) is 51.7 Å². The number of nitrogens with zero attached hydrogens (tertiary/aromatic N) is 5. The molecule has 0 aromatic heterocycles. The summed E-state index contributed by atoms with van der Waals surface area (Å²) in [6.45, 7) is 10.9. The van der Waals surface area contributed by atoms with Crippen molar-refractivity contribution in [3.63, 3.8) is 0 Å². The Balaban J connectivity index is 1.56. The predicted molar refractivity (Wildman–Crippen MR) is 167 cm³/mol. The first-order valence-corrected chi connectivity index (χ1v) is 14.9. The highest BCUT2D eigenvalue weighted by atomic mass is 16.5. The maximum absolute atomic E-state index is 7.09. The van der Waals surface area contributed by atoms with Crippen LogP contribution in [0, 0.1) is 0 Å². The normalized spacial score (nSPS) is 20.3. The van der Waals surface area contributed by atoms with Gasteiger partial charge < -0.3 is 34.6 Å². The fourth-order valence-corrected chi connectivity index (χ4v) is 6.41. The SMILES string of the molecule is CCN(CC)CCN1c2cc(OC)c(OC)cc2C(N)N(C2CCN(Cc3c(OC)cccc3N(C)C)CC2)C1N. The van der Waals surface area contributed by atoms with Gasteiger partial charge in [0.2, 0.25) is 0 Å². The fraction of sp³-hybridized carbons (Fsp3) is 0.613. The third kappa shape index (κ3) is 6.52. The Morgan fingerprint density at radius 1 is 0.902 bits per heavy atom. The average Bonchev–Trinajstić information content (AvgIpc) is 2.99. The number of methoxy groups -OCH3 is 3. The second kappa shape index (κ2) is 13.9. The molecule has 0 saturated carbocycles. The standard InChI is InChI=1S/C31H51N7O3/c1-8-35(9-2)17-18-37-26-20-29(41-7)28(40-6)19-23(26)30(32)38(31(37)33)22-13-15-36(16-14-22)21-24-25(34(3)4)11-10-12-27(24)39-5/h10-12,19-20,22,30-31H,8-9,13-18,21,32-33H2,1-7H3. The molecule has 228 valence electrons. The summed E-state index contributed by atoms with van der Waals surface area (Å²) in [6, 6.07) is 10.6. The van der Waals surface area contributed by atoms with E-state index >= 15 is 0 Å². The number of piperidine rings is 1. The Labute approximate surface area is 246 Å². The van der Waals surface area contributed by atoms with E-state index in [9.17, 15) is 0 Å². The third-order valence-corrected chi connectivity index (χ3v) is 8.83. The van der Waals surface area contributed by atoms with E-state index in [4.69, 9.17) is 25.7 Å². The highest BCUT2D eigenvalue weighted by molar-refractivity contribution is 5.65. The van der Waals surface area contributed by atoms with Crippen LogP contribution in [-0.2, 0) is 6.54 Å². The summed E-state index contributed by atoms with van der Waals surface area (Å²) in [7, 11) is 9.24. The summed E-state index contributed by atoms with van der Waals surface area (Å²) in [5.41, 5.74) is 18.6. The third-order valence-electron chi connectivity index (χ3n) is 8.83. The molecule has 2 heterocycles. The van der Waals surface area contributed by atoms with E-state index in [0.717, 1.165) is 75.7 Å². The lowest BCUT2D eigenvalue weighted by Gasteiger charge is -2.52. The topological polar surface area (TPSA) is 95.9 Å². The van der Waals surface area contributed by atoms with Crippen LogP contribution in [0.3, 0.4) is 0 Å². The highest BCUT2D eigenvalue weighted by Crippen LogP contribution is 2.43. The monoisotopic (exact) mass is 569 g/mol. The van der Waals surface area contributed by atoms with E-state index in [2.05, 4.69) is 64.6 Å². The molecule has 0 bridgehead atoms. The number of hydrogen-bond acceptors (Lipinski definition) is 10. The van der Waals surface area contributed by atoms with Crippen molar-refractivity contribution in [1.29, 1.82) is 0 Å². The zero-order valence-corrected chi connectivity index (χ0v) is 26.1. The molecule has 4 rings (SSSR count). The van der Waals surface area contributed by atoms with E-state index in [0.29, 0.717) is 11.5 Å². The van der Waals surface area contributed by atoms with Crippen molar-refractivity contribution in [2.75, 3.05) is 84.5 Å². The Kier molecular flexibility index (Phi) is 10.6. The molecule has 0 radical (unpaired) electrons. The van der Waals surface area contributed by atoms with Crippen LogP contribution < -0.4 is 35.5 Å². The Morgan fingerprint density at radius 3 is 2.12 bits per heavy atom. The second-order valence-corrected chi connectivity index (χ2v) is 11.2. The van der Waals surface area contributed by atoms with Gasteiger partial charge in [0.05, 0.1) is 27.5 Å². The van der Waals surface area contributed by atoms with Gasteiger partial charge in [-0.15, -0.1) is 0 Å². The number of likely N-dealkylation sites (tertiary alicyclic amines) is 1. The van der Waals surface area contributed by atoms with Crippen LogP contribution in [0.4, 0.5) is 11.4 Å². The highest BCUT2D eigenvalue weighted by Gasteiger charge is 2.41. The van der Waals surface area contributed by atoms with Gasteiger partial charge in [0.25, 0.3) is 0 Å². The van der Waals surface area contributed by atoms with Crippen molar-refractivity contribution < 1.29 is 14.2 Å². The van der Waals surface area contributed by atoms with Gasteiger partial charge >= 0.3 is 0 Å². The number of benzene rings is 2. The Morgan fingerprint density at radius 2 is 1.54 bits per heavy atom. The molecule has 2 aliphatic rings. The number of anilines is 2. The molecule has 4 N–H and O–H groups in total. The van der Waals surface area contributed by atoms with Crippen molar-refractivity contribution in [1.82, 2.24) is 14.7 Å². The maximum atomic E-state index is 7.09. The van der Waals surface area contributed by atoms with Crippen LogP contribution in [-0.4, -0.2) is 102 Å². The first-order chi connectivity index (χ1) is 19.8. The zero-order valence-electron chi connectivity index (χ0n) is 26.1.